The van der Waals surface area contributed by atoms with Crippen molar-refractivity contribution in [3.05, 3.63) is 34.3 Å². The summed E-state index contributed by atoms with van der Waals surface area (Å²) in [5, 5.41) is 8.85. The highest BCUT2D eigenvalue weighted by Crippen LogP contribution is 2.71. The highest BCUT2D eigenvalue weighted by atomic mass is 79.9. The molecule has 1 saturated carbocycles. The van der Waals surface area contributed by atoms with E-state index in [4.69, 9.17) is 5.11 Å². The standard InChI is InChI=1S/C11H9BrF2O2/c1-10(9(15)16)8(11(10,13)14)6-2-4-7(12)5-3-6/h2-5,8H,1H3,(H,15,16)/t8-,10+/m1/s1. The number of carboxylic acids is 1. The molecule has 0 unspecified atom stereocenters. The lowest BCUT2D eigenvalue weighted by atomic mass is 10.0. The maximum atomic E-state index is 13.5. The number of alkyl halides is 2. The van der Waals surface area contributed by atoms with Crippen LogP contribution in [0.3, 0.4) is 0 Å². The quantitative estimate of drug-likeness (QED) is 0.908. The Morgan fingerprint density at radius 2 is 1.88 bits per heavy atom. The summed E-state index contributed by atoms with van der Waals surface area (Å²) in [7, 11) is 0. The molecule has 0 aliphatic heterocycles. The van der Waals surface area contributed by atoms with E-state index in [1.807, 2.05) is 0 Å². The molecule has 0 saturated heterocycles. The molecule has 0 aromatic heterocycles. The van der Waals surface area contributed by atoms with Gasteiger partial charge in [-0.3, -0.25) is 4.79 Å². The van der Waals surface area contributed by atoms with Crippen molar-refractivity contribution >= 4 is 21.9 Å². The van der Waals surface area contributed by atoms with Crippen molar-refractivity contribution in [3.63, 3.8) is 0 Å². The number of halogens is 3. The summed E-state index contributed by atoms with van der Waals surface area (Å²) in [6.07, 6.45) is 0. The molecule has 1 fully saturated rings. The predicted molar refractivity (Wildman–Crippen MR) is 57.6 cm³/mol. The highest BCUT2D eigenvalue weighted by Gasteiger charge is 2.82. The smallest absolute Gasteiger partial charge is 0.316 e. The first-order chi connectivity index (χ1) is 7.31. The lowest BCUT2D eigenvalue weighted by Crippen LogP contribution is -2.18. The van der Waals surface area contributed by atoms with Crippen LogP contribution in [0.25, 0.3) is 0 Å². The first-order valence-corrected chi connectivity index (χ1v) is 5.48. The fourth-order valence-corrected chi connectivity index (χ4v) is 2.26. The lowest BCUT2D eigenvalue weighted by molar-refractivity contribution is -0.146. The van der Waals surface area contributed by atoms with Crippen LogP contribution in [0, 0.1) is 5.41 Å². The summed E-state index contributed by atoms with van der Waals surface area (Å²) < 4.78 is 27.8. The van der Waals surface area contributed by atoms with Crippen LogP contribution in [0.4, 0.5) is 8.78 Å². The van der Waals surface area contributed by atoms with Crippen LogP contribution in [0.1, 0.15) is 18.4 Å². The molecule has 16 heavy (non-hydrogen) atoms. The van der Waals surface area contributed by atoms with Crippen LogP contribution in [-0.4, -0.2) is 17.0 Å². The summed E-state index contributed by atoms with van der Waals surface area (Å²) in [5.74, 6) is -5.86. The molecular weight excluding hydrogens is 282 g/mol. The van der Waals surface area contributed by atoms with Gasteiger partial charge in [-0.1, -0.05) is 28.1 Å². The second kappa shape index (κ2) is 3.26. The van der Waals surface area contributed by atoms with Gasteiger partial charge >= 0.3 is 5.97 Å². The van der Waals surface area contributed by atoms with Gasteiger partial charge in [-0.15, -0.1) is 0 Å². The van der Waals surface area contributed by atoms with Crippen molar-refractivity contribution in [1.29, 1.82) is 0 Å². The van der Waals surface area contributed by atoms with Crippen molar-refractivity contribution in [2.75, 3.05) is 0 Å². The van der Waals surface area contributed by atoms with Gasteiger partial charge in [0, 0.05) is 4.47 Å². The Kier molecular flexibility index (Phi) is 2.35. The fraction of sp³-hybridized carbons (Fsp3) is 0.364. The van der Waals surface area contributed by atoms with E-state index in [0.717, 1.165) is 11.4 Å². The molecule has 1 N–H and O–H groups in total. The monoisotopic (exact) mass is 290 g/mol. The van der Waals surface area contributed by atoms with E-state index in [-0.39, 0.29) is 0 Å². The van der Waals surface area contributed by atoms with E-state index in [0.29, 0.717) is 5.56 Å². The molecule has 86 valence electrons. The Balaban J connectivity index is 2.38. The van der Waals surface area contributed by atoms with Gasteiger partial charge in [-0.2, -0.15) is 0 Å². The van der Waals surface area contributed by atoms with E-state index in [9.17, 15) is 13.6 Å². The summed E-state index contributed by atoms with van der Waals surface area (Å²) >= 11 is 3.20. The minimum absolute atomic E-state index is 0.359. The maximum absolute atomic E-state index is 13.5. The topological polar surface area (TPSA) is 37.3 Å². The summed E-state index contributed by atoms with van der Waals surface area (Å²) in [6, 6.07) is 6.31. The SMILES string of the molecule is C[C@@]1(C(=O)O)[C@@H](c2ccc(Br)cc2)C1(F)F. The predicted octanol–water partition coefficient (Wildman–Crippen LogP) is 3.27. The zero-order valence-electron chi connectivity index (χ0n) is 8.38. The Morgan fingerprint density at radius 1 is 1.38 bits per heavy atom. The molecule has 0 spiro atoms. The normalized spacial score (nSPS) is 31.1. The lowest BCUT2D eigenvalue weighted by Gasteiger charge is -2.02. The molecule has 2 atom stereocenters. The molecule has 1 aliphatic rings. The molecule has 1 aromatic rings. The zero-order chi connectivity index (χ0) is 12.1. The van der Waals surface area contributed by atoms with Gasteiger partial charge in [0.05, 0.1) is 5.92 Å². The number of hydrogen-bond donors (Lipinski definition) is 1. The van der Waals surface area contributed by atoms with Crippen molar-refractivity contribution in [1.82, 2.24) is 0 Å². The molecule has 0 bridgehead atoms. The summed E-state index contributed by atoms with van der Waals surface area (Å²) in [4.78, 5) is 10.9. The Hall–Kier alpha value is -0.970. The van der Waals surface area contributed by atoms with Gasteiger partial charge in [-0.05, 0) is 24.6 Å². The van der Waals surface area contributed by atoms with Crippen LogP contribution in [-0.2, 0) is 4.79 Å². The third kappa shape index (κ3) is 1.30. The van der Waals surface area contributed by atoms with Gasteiger partial charge in [0.15, 0.2) is 0 Å². The average molecular weight is 291 g/mol. The fourth-order valence-electron chi connectivity index (χ4n) is 1.99. The number of carbonyl (C=O) groups is 1. The van der Waals surface area contributed by atoms with Crippen molar-refractivity contribution in [3.8, 4) is 0 Å². The summed E-state index contributed by atoms with van der Waals surface area (Å²) in [5.41, 5.74) is -1.61. The zero-order valence-corrected chi connectivity index (χ0v) is 9.96. The van der Waals surface area contributed by atoms with Crippen LogP contribution < -0.4 is 0 Å². The number of hydrogen-bond acceptors (Lipinski definition) is 1. The molecule has 0 amide bonds. The van der Waals surface area contributed by atoms with Crippen LogP contribution in [0.15, 0.2) is 28.7 Å². The van der Waals surface area contributed by atoms with Gasteiger partial charge < -0.3 is 5.11 Å². The number of benzene rings is 1. The van der Waals surface area contributed by atoms with E-state index < -0.39 is 23.2 Å². The molecule has 2 nitrogen and oxygen atoms in total. The Morgan fingerprint density at radius 3 is 2.25 bits per heavy atom. The molecule has 0 heterocycles. The first kappa shape index (κ1) is 11.5. The van der Waals surface area contributed by atoms with Gasteiger partial charge in [-0.25, -0.2) is 8.78 Å². The van der Waals surface area contributed by atoms with Gasteiger partial charge in [0.1, 0.15) is 5.41 Å². The number of rotatable bonds is 2. The first-order valence-electron chi connectivity index (χ1n) is 4.68. The van der Waals surface area contributed by atoms with Crippen molar-refractivity contribution in [2.24, 2.45) is 5.41 Å². The third-order valence-corrected chi connectivity index (χ3v) is 3.73. The molecule has 1 aromatic carbocycles. The molecule has 1 aliphatic carbocycles. The minimum Gasteiger partial charge on any atom is -0.481 e. The highest BCUT2D eigenvalue weighted by molar-refractivity contribution is 9.10. The largest absolute Gasteiger partial charge is 0.481 e. The van der Waals surface area contributed by atoms with Gasteiger partial charge in [0.2, 0.25) is 0 Å². The molecule has 0 radical (unpaired) electrons. The van der Waals surface area contributed by atoms with Gasteiger partial charge in [0.25, 0.3) is 5.92 Å². The van der Waals surface area contributed by atoms with Crippen LogP contribution >= 0.6 is 15.9 Å². The summed E-state index contributed by atoms with van der Waals surface area (Å²) in [6.45, 7) is 1.09. The Labute approximate surface area is 99.4 Å². The van der Waals surface area contributed by atoms with E-state index in [1.165, 1.54) is 12.1 Å². The van der Waals surface area contributed by atoms with Crippen molar-refractivity contribution in [2.45, 2.75) is 18.8 Å². The maximum Gasteiger partial charge on any atom is 0.316 e. The van der Waals surface area contributed by atoms with E-state index in [1.54, 1.807) is 12.1 Å². The number of carboxylic acid groups (broad SMARTS) is 1. The average Bonchev–Trinajstić information content (AvgIpc) is 2.65. The second-order valence-corrected chi connectivity index (χ2v) is 5.03. The molecule has 2 rings (SSSR count). The third-order valence-electron chi connectivity index (χ3n) is 3.20. The molecule has 5 heteroatoms. The van der Waals surface area contributed by atoms with Crippen molar-refractivity contribution < 1.29 is 18.7 Å². The van der Waals surface area contributed by atoms with E-state index in [2.05, 4.69) is 15.9 Å². The Bertz CT molecular complexity index is 444. The second-order valence-electron chi connectivity index (χ2n) is 4.12. The van der Waals surface area contributed by atoms with E-state index >= 15 is 0 Å². The van der Waals surface area contributed by atoms with Crippen LogP contribution in [0.5, 0.6) is 0 Å². The van der Waals surface area contributed by atoms with Crippen LogP contribution in [0.2, 0.25) is 0 Å². The minimum atomic E-state index is -3.17. The number of aliphatic carboxylic acids is 1. The molecular formula is C11H9BrF2O2.